The van der Waals surface area contributed by atoms with Crippen molar-refractivity contribution < 1.29 is 9.32 Å². The van der Waals surface area contributed by atoms with Gasteiger partial charge in [-0.1, -0.05) is 16.8 Å². The van der Waals surface area contributed by atoms with Gasteiger partial charge in [0.25, 0.3) is 5.91 Å². The SMILES string of the molecule is Cc1ccc2sc(C(=O)NCc3nc(C)no3)c(N)c2c1. The molecule has 1 aromatic carbocycles. The predicted molar refractivity (Wildman–Crippen MR) is 81.2 cm³/mol. The number of carbonyl (C=O) groups is 1. The number of aryl methyl sites for hydroxylation is 2. The molecular weight excluding hydrogens is 288 g/mol. The third-order valence-electron chi connectivity index (χ3n) is 3.06. The molecule has 21 heavy (non-hydrogen) atoms. The van der Waals surface area contributed by atoms with Gasteiger partial charge in [-0.2, -0.15) is 4.98 Å². The lowest BCUT2D eigenvalue weighted by molar-refractivity contribution is 0.0951. The van der Waals surface area contributed by atoms with Crippen molar-refractivity contribution in [2.75, 3.05) is 5.73 Å². The Balaban J connectivity index is 1.82. The summed E-state index contributed by atoms with van der Waals surface area (Å²) >= 11 is 1.38. The van der Waals surface area contributed by atoms with Crippen molar-refractivity contribution in [3.63, 3.8) is 0 Å². The molecule has 0 aliphatic rings. The highest BCUT2D eigenvalue weighted by Crippen LogP contribution is 2.34. The normalized spacial score (nSPS) is 11.0. The first kappa shape index (κ1) is 13.6. The maximum atomic E-state index is 12.2. The fraction of sp³-hybridized carbons (Fsp3) is 0.214. The second-order valence-electron chi connectivity index (χ2n) is 4.76. The van der Waals surface area contributed by atoms with E-state index in [1.807, 2.05) is 25.1 Å². The summed E-state index contributed by atoms with van der Waals surface area (Å²) in [4.78, 5) is 16.8. The number of aromatic nitrogens is 2. The molecule has 0 spiro atoms. The van der Waals surface area contributed by atoms with Crippen molar-refractivity contribution in [3.8, 4) is 0 Å². The van der Waals surface area contributed by atoms with Crippen LogP contribution in [-0.2, 0) is 6.54 Å². The lowest BCUT2D eigenvalue weighted by Gasteiger charge is -2.00. The van der Waals surface area contributed by atoms with Crippen molar-refractivity contribution in [3.05, 3.63) is 40.4 Å². The lowest BCUT2D eigenvalue weighted by Crippen LogP contribution is -2.22. The molecule has 2 heterocycles. The van der Waals surface area contributed by atoms with E-state index in [4.69, 9.17) is 10.3 Å². The van der Waals surface area contributed by atoms with Crippen LogP contribution in [0.15, 0.2) is 22.7 Å². The van der Waals surface area contributed by atoms with E-state index in [1.165, 1.54) is 11.3 Å². The molecule has 6 nitrogen and oxygen atoms in total. The highest BCUT2D eigenvalue weighted by atomic mass is 32.1. The third-order valence-corrected chi connectivity index (χ3v) is 4.24. The molecule has 7 heteroatoms. The summed E-state index contributed by atoms with van der Waals surface area (Å²) in [6.07, 6.45) is 0. The van der Waals surface area contributed by atoms with E-state index in [9.17, 15) is 4.79 Å². The summed E-state index contributed by atoms with van der Waals surface area (Å²) in [5.74, 6) is 0.676. The topological polar surface area (TPSA) is 94.0 Å². The zero-order valence-corrected chi connectivity index (χ0v) is 12.5. The molecule has 0 aliphatic heterocycles. The predicted octanol–water partition coefficient (Wildman–Crippen LogP) is 2.41. The maximum Gasteiger partial charge on any atom is 0.263 e. The molecule has 0 atom stereocenters. The summed E-state index contributed by atoms with van der Waals surface area (Å²) in [7, 11) is 0. The van der Waals surface area contributed by atoms with Crippen molar-refractivity contribution in [2.24, 2.45) is 0 Å². The fourth-order valence-electron chi connectivity index (χ4n) is 2.05. The summed E-state index contributed by atoms with van der Waals surface area (Å²) in [5, 5.41) is 7.33. The Kier molecular flexibility index (Phi) is 3.34. The van der Waals surface area contributed by atoms with Gasteiger partial charge in [-0.15, -0.1) is 11.3 Å². The van der Waals surface area contributed by atoms with Gasteiger partial charge in [0.15, 0.2) is 5.82 Å². The molecule has 3 aromatic rings. The van der Waals surface area contributed by atoms with Gasteiger partial charge in [-0.25, -0.2) is 0 Å². The smallest absolute Gasteiger partial charge is 0.263 e. The highest BCUT2D eigenvalue weighted by Gasteiger charge is 2.17. The molecule has 0 unspecified atom stereocenters. The van der Waals surface area contributed by atoms with Gasteiger partial charge in [0.1, 0.15) is 4.88 Å². The Hall–Kier alpha value is -2.41. The Labute approximate surface area is 125 Å². The Morgan fingerprint density at radius 2 is 2.24 bits per heavy atom. The number of nitrogen functional groups attached to an aromatic ring is 1. The largest absolute Gasteiger partial charge is 0.397 e. The maximum absolute atomic E-state index is 12.2. The number of thiophene rings is 1. The average molecular weight is 302 g/mol. The molecule has 2 aromatic heterocycles. The van der Waals surface area contributed by atoms with Crippen molar-refractivity contribution >= 4 is 33.0 Å². The summed E-state index contributed by atoms with van der Waals surface area (Å²) < 4.78 is 5.95. The first-order valence-corrected chi connectivity index (χ1v) is 7.22. The first-order valence-electron chi connectivity index (χ1n) is 6.40. The monoisotopic (exact) mass is 302 g/mol. The minimum absolute atomic E-state index is 0.187. The van der Waals surface area contributed by atoms with Crippen LogP contribution in [0.3, 0.4) is 0 Å². The van der Waals surface area contributed by atoms with Crippen LogP contribution < -0.4 is 11.1 Å². The molecule has 0 aliphatic carbocycles. The molecule has 1 amide bonds. The van der Waals surface area contributed by atoms with Crippen LogP contribution in [0.5, 0.6) is 0 Å². The Bertz CT molecular complexity index is 822. The molecule has 0 radical (unpaired) electrons. The third kappa shape index (κ3) is 2.59. The summed E-state index contributed by atoms with van der Waals surface area (Å²) in [5.41, 5.74) is 7.70. The van der Waals surface area contributed by atoms with Gasteiger partial charge >= 0.3 is 0 Å². The first-order chi connectivity index (χ1) is 10.0. The quantitative estimate of drug-likeness (QED) is 0.775. The molecule has 3 rings (SSSR count). The number of amides is 1. The number of nitrogens with two attached hydrogens (primary N) is 1. The fourth-order valence-corrected chi connectivity index (χ4v) is 3.07. The van der Waals surface area contributed by atoms with Gasteiger partial charge in [-0.3, -0.25) is 4.79 Å². The van der Waals surface area contributed by atoms with E-state index in [1.54, 1.807) is 6.92 Å². The van der Waals surface area contributed by atoms with Crippen LogP contribution in [-0.4, -0.2) is 16.0 Å². The number of benzene rings is 1. The zero-order chi connectivity index (χ0) is 15.0. The van der Waals surface area contributed by atoms with Gasteiger partial charge in [0.05, 0.1) is 12.2 Å². The number of anilines is 1. The number of hydrogen-bond acceptors (Lipinski definition) is 6. The molecule has 0 saturated heterocycles. The van der Waals surface area contributed by atoms with Gasteiger partial charge < -0.3 is 15.6 Å². The number of fused-ring (bicyclic) bond motifs is 1. The molecular formula is C14H14N4O2S. The second-order valence-corrected chi connectivity index (χ2v) is 5.81. The number of rotatable bonds is 3. The van der Waals surface area contributed by atoms with Crippen LogP contribution in [0.2, 0.25) is 0 Å². The molecule has 3 N–H and O–H groups in total. The van der Waals surface area contributed by atoms with E-state index < -0.39 is 0 Å². The van der Waals surface area contributed by atoms with Crippen molar-refractivity contribution in [1.82, 2.24) is 15.5 Å². The highest BCUT2D eigenvalue weighted by molar-refractivity contribution is 7.21. The zero-order valence-electron chi connectivity index (χ0n) is 11.6. The molecule has 0 bridgehead atoms. The van der Waals surface area contributed by atoms with E-state index in [-0.39, 0.29) is 12.5 Å². The Morgan fingerprint density at radius 3 is 2.95 bits per heavy atom. The van der Waals surface area contributed by atoms with Crippen molar-refractivity contribution in [1.29, 1.82) is 0 Å². The number of hydrogen-bond donors (Lipinski definition) is 2. The van der Waals surface area contributed by atoms with E-state index in [0.29, 0.717) is 22.3 Å². The summed E-state index contributed by atoms with van der Waals surface area (Å²) in [6, 6.07) is 5.96. The standard InChI is InChI=1S/C14H14N4O2S/c1-7-3-4-10-9(5-7)12(15)13(21-10)14(19)16-6-11-17-8(2)18-20-11/h3-5H,6,15H2,1-2H3,(H,16,19). The minimum Gasteiger partial charge on any atom is -0.397 e. The lowest BCUT2D eigenvalue weighted by atomic mass is 10.1. The van der Waals surface area contributed by atoms with Crippen LogP contribution in [0.25, 0.3) is 10.1 Å². The number of carbonyl (C=O) groups excluding carboxylic acids is 1. The van der Waals surface area contributed by atoms with Crippen molar-refractivity contribution in [2.45, 2.75) is 20.4 Å². The minimum atomic E-state index is -0.234. The van der Waals surface area contributed by atoms with Crippen LogP contribution in [0, 0.1) is 13.8 Å². The van der Waals surface area contributed by atoms with Gasteiger partial charge in [-0.05, 0) is 26.0 Å². The average Bonchev–Trinajstić information content (AvgIpc) is 3.01. The Morgan fingerprint density at radius 1 is 1.43 bits per heavy atom. The van der Waals surface area contributed by atoms with Crippen LogP contribution in [0.4, 0.5) is 5.69 Å². The number of nitrogens with zero attached hydrogens (tertiary/aromatic N) is 2. The van der Waals surface area contributed by atoms with Gasteiger partial charge in [0, 0.05) is 10.1 Å². The van der Waals surface area contributed by atoms with Crippen LogP contribution >= 0.6 is 11.3 Å². The molecule has 108 valence electrons. The second kappa shape index (κ2) is 5.17. The molecule has 0 saturated carbocycles. The van der Waals surface area contributed by atoms with E-state index >= 15 is 0 Å². The van der Waals surface area contributed by atoms with E-state index in [2.05, 4.69) is 15.5 Å². The summed E-state index contributed by atoms with van der Waals surface area (Å²) in [6.45, 7) is 3.90. The van der Waals surface area contributed by atoms with Gasteiger partial charge in [0.2, 0.25) is 5.89 Å². The number of nitrogens with one attached hydrogen (secondary N) is 1. The van der Waals surface area contributed by atoms with E-state index in [0.717, 1.165) is 15.6 Å². The molecule has 0 fully saturated rings. The van der Waals surface area contributed by atoms with Crippen LogP contribution in [0.1, 0.15) is 27.0 Å².